The number of H-pyrrole nitrogens is 2. The number of rotatable bonds is 17. The van der Waals surface area contributed by atoms with Crippen molar-refractivity contribution in [2.24, 2.45) is 0 Å². The molecule has 0 spiro atoms. The molecule has 0 radical (unpaired) electrons. The summed E-state index contributed by atoms with van der Waals surface area (Å²) in [6.45, 7) is 8.08. The number of carbonyl (C=O) groups is 3. The van der Waals surface area contributed by atoms with Crippen LogP contribution in [0.4, 0.5) is 4.79 Å². The van der Waals surface area contributed by atoms with Crippen LogP contribution in [0.1, 0.15) is 90.2 Å². The monoisotopic (exact) mass is 629 g/mol. The summed E-state index contributed by atoms with van der Waals surface area (Å²) in [7, 11) is 0. The topological polar surface area (TPSA) is 128 Å². The molecule has 0 saturated heterocycles. The average molecular weight is 630 g/mol. The minimum Gasteiger partial charge on any atom is -0.444 e. The van der Waals surface area contributed by atoms with Crippen LogP contribution in [-0.2, 0) is 27.2 Å². The van der Waals surface area contributed by atoms with Gasteiger partial charge in [-0.2, -0.15) is 0 Å². The molecule has 0 unspecified atom stereocenters. The standard InChI is InChI=1S/C37H51N5O4/c1-5-6-7-8-9-10-11-16-21-38-34(43)32(22-26-24-39-30-19-14-12-17-28(26)30)41-35(44)33(42-36(45)46-37(2,3)4)23-27-25-40-31-20-15-13-18-29(27)31/h12-15,17-20,24-25,32-33,39-40H,5-11,16,21-23H2,1-4H3,(H,38,43)(H,41,44)(H,42,45)/t32-,33-/m0/s1. The largest absolute Gasteiger partial charge is 0.444 e. The molecule has 9 heteroatoms. The third kappa shape index (κ3) is 10.4. The van der Waals surface area contributed by atoms with Crippen molar-refractivity contribution in [3.8, 4) is 0 Å². The molecule has 0 fully saturated rings. The SMILES string of the molecule is CCCCCCCCCCNC(=O)[C@H](Cc1c[nH]c2ccccc12)NC(=O)[C@H](Cc1c[nH]c2ccccc12)NC(=O)OC(C)(C)C. The van der Waals surface area contributed by atoms with E-state index in [-0.39, 0.29) is 12.3 Å². The highest BCUT2D eigenvalue weighted by molar-refractivity contribution is 5.93. The maximum atomic E-state index is 14.0. The molecule has 5 N–H and O–H groups in total. The first-order valence-electron chi connectivity index (χ1n) is 16.8. The fraction of sp³-hybridized carbons (Fsp3) is 0.486. The van der Waals surface area contributed by atoms with Crippen LogP contribution in [0.3, 0.4) is 0 Å². The minimum atomic E-state index is -0.972. The predicted octanol–water partition coefficient (Wildman–Crippen LogP) is 7.07. The molecule has 2 atom stereocenters. The number of hydrogen-bond donors (Lipinski definition) is 5. The van der Waals surface area contributed by atoms with E-state index in [1.54, 1.807) is 20.8 Å². The first-order valence-corrected chi connectivity index (χ1v) is 16.8. The molecule has 2 heterocycles. The number of para-hydroxylation sites is 2. The molecule has 2 aromatic carbocycles. The maximum absolute atomic E-state index is 14.0. The second-order valence-corrected chi connectivity index (χ2v) is 13.2. The van der Waals surface area contributed by atoms with Gasteiger partial charge in [-0.25, -0.2) is 4.79 Å². The summed E-state index contributed by atoms with van der Waals surface area (Å²) in [5.41, 5.74) is 2.96. The van der Waals surface area contributed by atoms with E-state index in [4.69, 9.17) is 4.74 Å². The van der Waals surface area contributed by atoms with Gasteiger partial charge in [0.1, 0.15) is 17.7 Å². The van der Waals surface area contributed by atoms with Crippen LogP contribution in [0, 0.1) is 0 Å². The normalized spacial score (nSPS) is 13.0. The van der Waals surface area contributed by atoms with Crippen molar-refractivity contribution in [2.75, 3.05) is 6.54 Å². The lowest BCUT2D eigenvalue weighted by atomic mass is 10.0. The Kier molecular flexibility index (Phi) is 12.7. The van der Waals surface area contributed by atoms with Crippen LogP contribution in [0.5, 0.6) is 0 Å². The molecule has 248 valence electrons. The Morgan fingerprint density at radius 1 is 0.696 bits per heavy atom. The zero-order valence-corrected chi connectivity index (χ0v) is 27.8. The van der Waals surface area contributed by atoms with Gasteiger partial charge in [-0.05, 0) is 50.5 Å². The number of unbranched alkanes of at least 4 members (excludes halogenated alkanes) is 7. The number of hydrogen-bond acceptors (Lipinski definition) is 4. The number of ether oxygens (including phenoxy) is 1. The van der Waals surface area contributed by atoms with Gasteiger partial charge in [0.05, 0.1) is 0 Å². The predicted molar refractivity (Wildman–Crippen MR) is 185 cm³/mol. The summed E-state index contributed by atoms with van der Waals surface area (Å²) in [5, 5.41) is 10.8. The van der Waals surface area contributed by atoms with E-state index >= 15 is 0 Å². The maximum Gasteiger partial charge on any atom is 0.408 e. The molecular weight excluding hydrogens is 578 g/mol. The van der Waals surface area contributed by atoms with Crippen molar-refractivity contribution in [1.82, 2.24) is 25.9 Å². The molecule has 3 amide bonds. The molecule has 0 bridgehead atoms. The molecule has 4 aromatic rings. The summed E-state index contributed by atoms with van der Waals surface area (Å²) < 4.78 is 5.50. The van der Waals surface area contributed by atoms with E-state index in [0.29, 0.717) is 13.0 Å². The van der Waals surface area contributed by atoms with E-state index < -0.39 is 29.7 Å². The molecule has 9 nitrogen and oxygen atoms in total. The van der Waals surface area contributed by atoms with Crippen molar-refractivity contribution < 1.29 is 19.1 Å². The number of aromatic nitrogens is 2. The van der Waals surface area contributed by atoms with Crippen molar-refractivity contribution in [3.05, 3.63) is 72.1 Å². The fourth-order valence-corrected chi connectivity index (χ4v) is 5.78. The summed E-state index contributed by atoms with van der Waals surface area (Å²) in [6.07, 6.45) is 12.9. The van der Waals surface area contributed by atoms with E-state index in [1.165, 1.54) is 32.1 Å². The third-order valence-corrected chi connectivity index (χ3v) is 8.17. The molecule has 0 aliphatic rings. The van der Waals surface area contributed by atoms with Gasteiger partial charge < -0.3 is 30.7 Å². The quantitative estimate of drug-likeness (QED) is 0.0801. The Morgan fingerprint density at radius 3 is 1.74 bits per heavy atom. The Morgan fingerprint density at radius 2 is 1.20 bits per heavy atom. The molecule has 0 aliphatic carbocycles. The lowest BCUT2D eigenvalue weighted by Gasteiger charge is -2.25. The van der Waals surface area contributed by atoms with Gasteiger partial charge in [-0.1, -0.05) is 88.3 Å². The number of amides is 3. The van der Waals surface area contributed by atoms with Crippen molar-refractivity contribution in [3.63, 3.8) is 0 Å². The summed E-state index contributed by atoms with van der Waals surface area (Å²) >= 11 is 0. The Labute approximate surface area is 272 Å². The highest BCUT2D eigenvalue weighted by Crippen LogP contribution is 2.21. The fourth-order valence-electron chi connectivity index (χ4n) is 5.78. The van der Waals surface area contributed by atoms with Crippen LogP contribution in [0.2, 0.25) is 0 Å². The van der Waals surface area contributed by atoms with E-state index in [0.717, 1.165) is 52.2 Å². The van der Waals surface area contributed by atoms with Crippen LogP contribution >= 0.6 is 0 Å². The molecule has 4 rings (SSSR count). The second-order valence-electron chi connectivity index (χ2n) is 13.2. The first-order chi connectivity index (χ1) is 22.1. The van der Waals surface area contributed by atoms with E-state index in [9.17, 15) is 14.4 Å². The van der Waals surface area contributed by atoms with Gasteiger partial charge in [-0.3, -0.25) is 9.59 Å². The summed E-state index contributed by atoms with van der Waals surface area (Å²) in [4.78, 5) is 47.0. The van der Waals surface area contributed by atoms with E-state index in [2.05, 4.69) is 32.8 Å². The van der Waals surface area contributed by atoms with Gasteiger partial charge >= 0.3 is 6.09 Å². The lowest BCUT2D eigenvalue weighted by molar-refractivity contribution is -0.130. The number of nitrogens with one attached hydrogen (secondary N) is 5. The highest BCUT2D eigenvalue weighted by atomic mass is 16.6. The summed E-state index contributed by atoms with van der Waals surface area (Å²) in [5.74, 6) is -0.701. The molecule has 0 saturated carbocycles. The van der Waals surface area contributed by atoms with Crippen LogP contribution in [0.25, 0.3) is 21.8 Å². The first kappa shape index (κ1) is 34.6. The molecule has 0 aliphatic heterocycles. The van der Waals surface area contributed by atoms with Gasteiger partial charge in [0, 0.05) is 53.6 Å². The Bertz CT molecular complexity index is 1570. The second kappa shape index (κ2) is 16.9. The van der Waals surface area contributed by atoms with Gasteiger partial charge in [0.2, 0.25) is 11.8 Å². The Hall–Kier alpha value is -4.27. The van der Waals surface area contributed by atoms with Crippen LogP contribution in [0.15, 0.2) is 60.9 Å². The minimum absolute atomic E-state index is 0.217. The average Bonchev–Trinajstić information content (AvgIpc) is 3.62. The lowest BCUT2D eigenvalue weighted by Crippen LogP contribution is -2.55. The van der Waals surface area contributed by atoms with E-state index in [1.807, 2.05) is 60.9 Å². The third-order valence-electron chi connectivity index (χ3n) is 8.17. The number of carbonyl (C=O) groups excluding carboxylic acids is 3. The van der Waals surface area contributed by atoms with Crippen molar-refractivity contribution >= 4 is 39.7 Å². The van der Waals surface area contributed by atoms with Gasteiger partial charge in [-0.15, -0.1) is 0 Å². The zero-order chi connectivity index (χ0) is 32.9. The number of alkyl carbamates (subject to hydrolysis) is 1. The molecular formula is C37H51N5O4. The van der Waals surface area contributed by atoms with Gasteiger partial charge in [0.25, 0.3) is 0 Å². The smallest absolute Gasteiger partial charge is 0.408 e. The van der Waals surface area contributed by atoms with Crippen LogP contribution < -0.4 is 16.0 Å². The molecule has 2 aromatic heterocycles. The number of aromatic amines is 2. The molecule has 46 heavy (non-hydrogen) atoms. The van der Waals surface area contributed by atoms with Crippen molar-refractivity contribution in [1.29, 1.82) is 0 Å². The Balaban J connectivity index is 1.48. The van der Waals surface area contributed by atoms with Crippen LogP contribution in [-0.4, -0.2) is 52.1 Å². The zero-order valence-electron chi connectivity index (χ0n) is 27.8. The number of benzene rings is 2. The van der Waals surface area contributed by atoms with Crippen molar-refractivity contribution in [2.45, 2.75) is 110 Å². The highest BCUT2D eigenvalue weighted by Gasteiger charge is 2.30. The van der Waals surface area contributed by atoms with Gasteiger partial charge in [0.15, 0.2) is 0 Å². The number of fused-ring (bicyclic) bond motifs is 2. The summed E-state index contributed by atoms with van der Waals surface area (Å²) in [6, 6.07) is 13.9.